The molecule has 0 unspecified atom stereocenters. The molecule has 4 amide bonds. The monoisotopic (exact) mass is 327 g/mol. The molecule has 7 heteroatoms. The number of rotatable bonds is 6. The summed E-state index contributed by atoms with van der Waals surface area (Å²) < 4.78 is 0. The maximum atomic E-state index is 12.0. The van der Waals surface area contributed by atoms with Gasteiger partial charge in [-0.25, -0.2) is 0 Å². The Morgan fingerprint density at radius 3 is 2.50 bits per heavy atom. The molecule has 0 bridgehead atoms. The summed E-state index contributed by atoms with van der Waals surface area (Å²) in [6, 6.07) is 6.51. The lowest BCUT2D eigenvalue weighted by Gasteiger charge is -2.14. The van der Waals surface area contributed by atoms with Gasteiger partial charge in [0.25, 0.3) is 5.91 Å². The highest BCUT2D eigenvalue weighted by atomic mass is 16.2. The minimum Gasteiger partial charge on any atom is -0.341 e. The zero-order chi connectivity index (χ0) is 17.5. The lowest BCUT2D eigenvalue weighted by molar-refractivity contribution is -0.138. The summed E-state index contributed by atoms with van der Waals surface area (Å²) in [7, 11) is 0. The summed E-state index contributed by atoms with van der Waals surface area (Å²) in [6.45, 7) is 0.120. The van der Waals surface area contributed by atoms with Crippen LogP contribution in [0, 0.1) is 12.3 Å². The highest BCUT2D eigenvalue weighted by Gasteiger charge is 2.28. The third kappa shape index (κ3) is 4.20. The number of imide groups is 1. The average molecular weight is 327 g/mol. The van der Waals surface area contributed by atoms with Crippen molar-refractivity contribution >= 4 is 29.3 Å². The average Bonchev–Trinajstić information content (AvgIpc) is 2.89. The second kappa shape index (κ2) is 7.92. The minimum atomic E-state index is -0.395. The number of benzene rings is 1. The van der Waals surface area contributed by atoms with E-state index in [1.165, 1.54) is 0 Å². The van der Waals surface area contributed by atoms with Crippen molar-refractivity contribution in [3.63, 3.8) is 0 Å². The third-order valence-corrected chi connectivity index (χ3v) is 3.51. The molecule has 0 saturated carbocycles. The van der Waals surface area contributed by atoms with Crippen molar-refractivity contribution < 1.29 is 19.2 Å². The molecule has 24 heavy (non-hydrogen) atoms. The van der Waals surface area contributed by atoms with Gasteiger partial charge in [-0.1, -0.05) is 18.1 Å². The molecule has 2 N–H and O–H groups in total. The summed E-state index contributed by atoms with van der Waals surface area (Å²) in [4.78, 5) is 48.1. The van der Waals surface area contributed by atoms with Crippen LogP contribution in [0.4, 0.5) is 5.69 Å². The van der Waals surface area contributed by atoms with Crippen LogP contribution in [0.15, 0.2) is 24.3 Å². The number of anilines is 1. The Morgan fingerprint density at radius 2 is 1.83 bits per heavy atom. The quantitative estimate of drug-likeness (QED) is 0.588. The van der Waals surface area contributed by atoms with Crippen LogP contribution in [0.25, 0.3) is 0 Å². The van der Waals surface area contributed by atoms with Crippen molar-refractivity contribution in [3.8, 4) is 12.3 Å². The van der Waals surface area contributed by atoms with Crippen LogP contribution in [-0.2, 0) is 14.4 Å². The smallest absolute Gasteiger partial charge is 0.254 e. The van der Waals surface area contributed by atoms with E-state index in [4.69, 9.17) is 6.42 Å². The van der Waals surface area contributed by atoms with E-state index in [2.05, 4.69) is 16.6 Å². The number of amides is 4. The lowest BCUT2D eigenvalue weighted by Crippen LogP contribution is -2.32. The Kier molecular flexibility index (Phi) is 5.68. The van der Waals surface area contributed by atoms with Gasteiger partial charge in [-0.2, -0.15) is 0 Å². The van der Waals surface area contributed by atoms with E-state index in [0.717, 1.165) is 4.90 Å². The van der Waals surface area contributed by atoms with Crippen molar-refractivity contribution in [1.29, 1.82) is 0 Å². The Hall–Kier alpha value is -3.14. The fourth-order valence-corrected chi connectivity index (χ4v) is 2.31. The van der Waals surface area contributed by atoms with Gasteiger partial charge in [0, 0.05) is 25.8 Å². The molecule has 1 aromatic carbocycles. The maximum Gasteiger partial charge on any atom is 0.254 e. The second-order valence-electron chi connectivity index (χ2n) is 5.17. The first-order chi connectivity index (χ1) is 11.5. The zero-order valence-electron chi connectivity index (χ0n) is 13.0. The second-order valence-corrected chi connectivity index (χ2v) is 5.17. The van der Waals surface area contributed by atoms with E-state index in [1.54, 1.807) is 24.3 Å². The third-order valence-electron chi connectivity index (χ3n) is 3.51. The Morgan fingerprint density at radius 1 is 1.17 bits per heavy atom. The summed E-state index contributed by atoms with van der Waals surface area (Å²) in [6.07, 6.45) is 5.46. The first kappa shape index (κ1) is 17.2. The first-order valence-electron chi connectivity index (χ1n) is 7.46. The number of nitrogens with one attached hydrogen (secondary N) is 2. The molecule has 0 radical (unpaired) electrons. The zero-order valence-corrected chi connectivity index (χ0v) is 13.0. The van der Waals surface area contributed by atoms with Crippen molar-refractivity contribution in [2.45, 2.75) is 19.3 Å². The highest BCUT2D eigenvalue weighted by Crippen LogP contribution is 2.16. The topological polar surface area (TPSA) is 95.6 Å². The van der Waals surface area contributed by atoms with Gasteiger partial charge in [0.2, 0.25) is 17.7 Å². The van der Waals surface area contributed by atoms with E-state index >= 15 is 0 Å². The number of carbonyl (C=O) groups is 4. The standard InChI is InChI=1S/C17H17N3O4/c1-2-10-18-17(24)12-5-3-4-6-13(12)19-14(21)9-11-20-15(22)7-8-16(20)23/h1,3-6H,7-11H2,(H,18,24)(H,19,21). The number of hydrogen-bond donors (Lipinski definition) is 2. The number of likely N-dealkylation sites (tertiary alicyclic amines) is 1. The molecule has 1 aromatic rings. The number of para-hydroxylation sites is 1. The van der Waals surface area contributed by atoms with Crippen LogP contribution in [0.5, 0.6) is 0 Å². The molecule has 0 aliphatic carbocycles. The van der Waals surface area contributed by atoms with Crippen LogP contribution in [0.2, 0.25) is 0 Å². The molecule has 0 atom stereocenters. The molecular weight excluding hydrogens is 310 g/mol. The predicted octanol–water partition coefficient (Wildman–Crippen LogP) is 0.527. The van der Waals surface area contributed by atoms with Crippen LogP contribution >= 0.6 is 0 Å². The molecule has 124 valence electrons. The van der Waals surface area contributed by atoms with E-state index in [0.29, 0.717) is 5.69 Å². The van der Waals surface area contributed by atoms with Gasteiger partial charge in [-0.15, -0.1) is 6.42 Å². The first-order valence-corrected chi connectivity index (χ1v) is 7.46. The van der Waals surface area contributed by atoms with Crippen LogP contribution < -0.4 is 10.6 Å². The molecule has 1 aliphatic rings. The number of terminal acetylenes is 1. The molecule has 1 fully saturated rings. The van der Waals surface area contributed by atoms with Gasteiger partial charge >= 0.3 is 0 Å². The molecule has 0 aromatic heterocycles. The molecule has 2 rings (SSSR count). The normalized spacial score (nSPS) is 13.5. The van der Waals surface area contributed by atoms with Crippen LogP contribution in [-0.4, -0.2) is 41.6 Å². The molecular formula is C17H17N3O4. The van der Waals surface area contributed by atoms with Crippen LogP contribution in [0.3, 0.4) is 0 Å². The van der Waals surface area contributed by atoms with E-state index in [9.17, 15) is 19.2 Å². The minimum absolute atomic E-state index is 0.0300. The van der Waals surface area contributed by atoms with E-state index < -0.39 is 5.91 Å². The van der Waals surface area contributed by atoms with Crippen molar-refractivity contribution in [1.82, 2.24) is 10.2 Å². The summed E-state index contributed by atoms with van der Waals surface area (Å²) in [5.74, 6) is 0.992. The number of hydrogen-bond acceptors (Lipinski definition) is 4. The predicted molar refractivity (Wildman–Crippen MR) is 86.8 cm³/mol. The largest absolute Gasteiger partial charge is 0.341 e. The number of nitrogens with zero attached hydrogens (tertiary/aromatic N) is 1. The van der Waals surface area contributed by atoms with Gasteiger partial charge in [0.15, 0.2) is 0 Å². The molecule has 7 nitrogen and oxygen atoms in total. The Bertz CT molecular complexity index is 705. The summed E-state index contributed by atoms with van der Waals surface area (Å²) in [5, 5.41) is 5.15. The molecule has 1 saturated heterocycles. The van der Waals surface area contributed by atoms with Gasteiger partial charge in [-0.3, -0.25) is 24.1 Å². The highest BCUT2D eigenvalue weighted by molar-refractivity contribution is 6.04. The summed E-state index contributed by atoms with van der Waals surface area (Å²) >= 11 is 0. The van der Waals surface area contributed by atoms with Gasteiger partial charge in [0.05, 0.1) is 17.8 Å². The molecule has 1 aliphatic heterocycles. The van der Waals surface area contributed by atoms with Crippen LogP contribution in [0.1, 0.15) is 29.6 Å². The summed E-state index contributed by atoms with van der Waals surface area (Å²) in [5.41, 5.74) is 0.630. The fraction of sp³-hybridized carbons (Fsp3) is 0.294. The number of carbonyl (C=O) groups excluding carboxylic acids is 4. The van der Waals surface area contributed by atoms with Crippen molar-refractivity contribution in [3.05, 3.63) is 29.8 Å². The molecule has 1 heterocycles. The van der Waals surface area contributed by atoms with E-state index in [-0.39, 0.29) is 55.6 Å². The van der Waals surface area contributed by atoms with Gasteiger partial charge in [-0.05, 0) is 12.1 Å². The van der Waals surface area contributed by atoms with Crippen molar-refractivity contribution in [2.75, 3.05) is 18.4 Å². The Labute approximate surface area is 139 Å². The fourth-order valence-electron chi connectivity index (χ4n) is 2.31. The lowest BCUT2D eigenvalue weighted by atomic mass is 10.1. The Balaban J connectivity index is 1.97. The van der Waals surface area contributed by atoms with Crippen molar-refractivity contribution in [2.24, 2.45) is 0 Å². The molecule has 0 spiro atoms. The van der Waals surface area contributed by atoms with Gasteiger partial charge < -0.3 is 10.6 Å². The van der Waals surface area contributed by atoms with E-state index in [1.807, 2.05) is 0 Å². The SMILES string of the molecule is C#CCNC(=O)c1ccccc1NC(=O)CCN1C(=O)CCC1=O. The maximum absolute atomic E-state index is 12.0. The van der Waals surface area contributed by atoms with Gasteiger partial charge in [0.1, 0.15) is 0 Å².